The average molecular weight is 278 g/mol. The van der Waals surface area contributed by atoms with Crippen molar-refractivity contribution < 1.29 is 22.0 Å². The second-order valence-electron chi connectivity index (χ2n) is 3.70. The Bertz CT molecular complexity index is 572. The minimum Gasteiger partial charge on any atom is -0.399 e. The van der Waals surface area contributed by atoms with Crippen molar-refractivity contribution in [3.05, 3.63) is 30.1 Å². The van der Waals surface area contributed by atoms with Gasteiger partial charge in [-0.3, -0.25) is 5.10 Å². The summed E-state index contributed by atoms with van der Waals surface area (Å²) in [7, 11) is 0. The first-order chi connectivity index (χ1) is 8.72. The average Bonchev–Trinajstić information content (AvgIpc) is 2.78. The lowest BCUT2D eigenvalue weighted by molar-refractivity contribution is -0.292. The van der Waals surface area contributed by atoms with Gasteiger partial charge in [-0.05, 0) is 24.3 Å². The van der Waals surface area contributed by atoms with Gasteiger partial charge in [-0.1, -0.05) is 0 Å². The number of hydrogen-bond donors (Lipinski definition) is 2. The number of benzene rings is 1. The van der Waals surface area contributed by atoms with Crippen LogP contribution in [-0.4, -0.2) is 21.4 Å². The number of nitrogen functional groups attached to an aromatic ring is 1. The summed E-state index contributed by atoms with van der Waals surface area (Å²) in [5, 5.41) is 4.95. The highest BCUT2D eigenvalue weighted by atomic mass is 19.4. The van der Waals surface area contributed by atoms with Gasteiger partial charge >= 0.3 is 12.1 Å². The van der Waals surface area contributed by atoms with Crippen LogP contribution < -0.4 is 5.73 Å². The molecule has 0 radical (unpaired) electrons. The molecule has 0 unspecified atom stereocenters. The molecule has 0 aliphatic rings. The summed E-state index contributed by atoms with van der Waals surface area (Å²) >= 11 is 0. The fourth-order valence-corrected chi connectivity index (χ4v) is 1.30. The number of halogens is 5. The van der Waals surface area contributed by atoms with Crippen molar-refractivity contribution in [2.24, 2.45) is 0 Å². The summed E-state index contributed by atoms with van der Waals surface area (Å²) in [5.74, 6) is -6.92. The summed E-state index contributed by atoms with van der Waals surface area (Å²) in [6.07, 6.45) is -5.74. The Morgan fingerprint density at radius 2 is 1.58 bits per heavy atom. The van der Waals surface area contributed by atoms with Crippen LogP contribution in [0.1, 0.15) is 5.82 Å². The zero-order valence-electron chi connectivity index (χ0n) is 9.17. The Hall–Kier alpha value is -2.19. The van der Waals surface area contributed by atoms with Crippen LogP contribution in [0.3, 0.4) is 0 Å². The van der Waals surface area contributed by atoms with Gasteiger partial charge in [0.05, 0.1) is 0 Å². The quantitative estimate of drug-likeness (QED) is 0.655. The predicted molar refractivity (Wildman–Crippen MR) is 56.2 cm³/mol. The van der Waals surface area contributed by atoms with Gasteiger partial charge in [0.1, 0.15) is 0 Å². The van der Waals surface area contributed by atoms with Crippen molar-refractivity contribution in [3.8, 4) is 11.4 Å². The maximum absolute atomic E-state index is 13.0. The standard InChI is InChI=1S/C10H7F5N4/c11-9(12,10(13,14)15)8-17-7(18-19-8)5-1-3-6(16)4-2-5/h1-4H,16H2,(H,17,18,19). The van der Waals surface area contributed by atoms with E-state index < -0.39 is 17.9 Å². The van der Waals surface area contributed by atoms with E-state index in [-0.39, 0.29) is 5.82 Å². The summed E-state index contributed by atoms with van der Waals surface area (Å²) in [6.45, 7) is 0. The van der Waals surface area contributed by atoms with Crippen LogP contribution in [0.25, 0.3) is 11.4 Å². The predicted octanol–water partition coefficient (Wildman–Crippen LogP) is 2.71. The van der Waals surface area contributed by atoms with E-state index in [0.717, 1.165) is 0 Å². The SMILES string of the molecule is Nc1ccc(-c2nc(C(F)(F)C(F)(F)F)n[nH]2)cc1. The minimum absolute atomic E-state index is 0.195. The monoisotopic (exact) mass is 278 g/mol. The molecule has 1 heterocycles. The molecule has 0 fully saturated rings. The third-order valence-corrected chi connectivity index (χ3v) is 2.31. The molecule has 9 heteroatoms. The zero-order chi connectivity index (χ0) is 14.3. The number of hydrogen-bond acceptors (Lipinski definition) is 3. The van der Waals surface area contributed by atoms with E-state index >= 15 is 0 Å². The van der Waals surface area contributed by atoms with Gasteiger partial charge in [0.2, 0.25) is 5.82 Å². The van der Waals surface area contributed by atoms with Gasteiger partial charge in [-0.25, -0.2) is 4.98 Å². The first kappa shape index (κ1) is 13.2. The molecule has 1 aromatic heterocycles. The number of rotatable bonds is 2. The number of H-pyrrole nitrogens is 1. The molecule has 0 amide bonds. The van der Waals surface area contributed by atoms with Crippen molar-refractivity contribution in [3.63, 3.8) is 0 Å². The number of alkyl halides is 5. The van der Waals surface area contributed by atoms with E-state index in [4.69, 9.17) is 5.73 Å². The van der Waals surface area contributed by atoms with Crippen LogP contribution in [-0.2, 0) is 5.92 Å². The number of anilines is 1. The largest absolute Gasteiger partial charge is 0.461 e. The summed E-state index contributed by atoms with van der Waals surface area (Å²) in [6, 6.07) is 5.76. The fourth-order valence-electron chi connectivity index (χ4n) is 1.30. The van der Waals surface area contributed by atoms with Crippen molar-refractivity contribution >= 4 is 5.69 Å². The van der Waals surface area contributed by atoms with Gasteiger partial charge in [0, 0.05) is 11.3 Å². The number of nitrogens with one attached hydrogen (secondary N) is 1. The molecule has 0 aliphatic heterocycles. The maximum atomic E-state index is 13.0. The first-order valence-corrected chi connectivity index (χ1v) is 4.95. The van der Waals surface area contributed by atoms with Crippen molar-refractivity contribution in [1.29, 1.82) is 0 Å². The number of aromatic nitrogens is 3. The lowest BCUT2D eigenvalue weighted by Crippen LogP contribution is -2.34. The highest BCUT2D eigenvalue weighted by Gasteiger charge is 2.61. The number of aromatic amines is 1. The Balaban J connectivity index is 2.37. The second kappa shape index (κ2) is 4.18. The van der Waals surface area contributed by atoms with Gasteiger partial charge in [-0.2, -0.15) is 27.1 Å². The Kier molecular flexibility index (Phi) is 2.91. The third kappa shape index (κ3) is 2.35. The molecule has 19 heavy (non-hydrogen) atoms. The normalized spacial score (nSPS) is 12.7. The maximum Gasteiger partial charge on any atom is 0.461 e. The van der Waals surface area contributed by atoms with Crippen LogP contribution in [0.15, 0.2) is 24.3 Å². The molecule has 2 rings (SSSR count). The van der Waals surface area contributed by atoms with Gasteiger partial charge in [-0.15, -0.1) is 0 Å². The molecule has 0 atom stereocenters. The van der Waals surface area contributed by atoms with Gasteiger partial charge < -0.3 is 5.73 Å². The molecule has 0 saturated carbocycles. The minimum atomic E-state index is -5.74. The molecule has 4 nitrogen and oxygen atoms in total. The van der Waals surface area contributed by atoms with Crippen molar-refractivity contribution in [2.75, 3.05) is 5.73 Å². The molecule has 102 valence electrons. The Morgan fingerprint density at radius 1 is 1.00 bits per heavy atom. The van der Waals surface area contributed by atoms with Crippen LogP contribution in [0, 0.1) is 0 Å². The molecule has 0 aliphatic carbocycles. The van der Waals surface area contributed by atoms with Crippen LogP contribution >= 0.6 is 0 Å². The zero-order valence-corrected chi connectivity index (χ0v) is 9.17. The molecular weight excluding hydrogens is 271 g/mol. The number of nitrogens with zero attached hydrogens (tertiary/aromatic N) is 2. The van der Waals surface area contributed by atoms with Crippen molar-refractivity contribution in [1.82, 2.24) is 15.2 Å². The Labute approximate surface area is 103 Å². The molecule has 2 aromatic rings. The lowest BCUT2D eigenvalue weighted by atomic mass is 10.2. The molecule has 0 saturated heterocycles. The van der Waals surface area contributed by atoms with E-state index in [9.17, 15) is 22.0 Å². The third-order valence-electron chi connectivity index (χ3n) is 2.31. The molecule has 0 bridgehead atoms. The van der Waals surface area contributed by atoms with Crippen molar-refractivity contribution in [2.45, 2.75) is 12.1 Å². The molecular formula is C10H7F5N4. The molecule has 3 N–H and O–H groups in total. The first-order valence-electron chi connectivity index (χ1n) is 4.95. The number of nitrogens with two attached hydrogens (primary N) is 1. The molecule has 1 aromatic carbocycles. The van der Waals surface area contributed by atoms with E-state index in [0.29, 0.717) is 11.3 Å². The van der Waals surface area contributed by atoms with Crippen LogP contribution in [0.2, 0.25) is 0 Å². The molecule has 0 spiro atoms. The topological polar surface area (TPSA) is 67.6 Å². The summed E-state index contributed by atoms with van der Waals surface area (Å²) < 4.78 is 62.3. The fraction of sp³-hybridized carbons (Fsp3) is 0.200. The second-order valence-corrected chi connectivity index (χ2v) is 3.70. The van der Waals surface area contributed by atoms with Gasteiger partial charge in [0.15, 0.2) is 5.82 Å². The van der Waals surface area contributed by atoms with Crippen LogP contribution in [0.4, 0.5) is 27.6 Å². The highest BCUT2D eigenvalue weighted by molar-refractivity contribution is 5.58. The smallest absolute Gasteiger partial charge is 0.399 e. The summed E-state index contributed by atoms with van der Waals surface area (Å²) in [4.78, 5) is 3.17. The Morgan fingerprint density at radius 3 is 2.11 bits per heavy atom. The van der Waals surface area contributed by atoms with E-state index in [2.05, 4.69) is 10.1 Å². The van der Waals surface area contributed by atoms with E-state index in [1.54, 1.807) is 0 Å². The van der Waals surface area contributed by atoms with Gasteiger partial charge in [0.25, 0.3) is 0 Å². The highest BCUT2D eigenvalue weighted by Crippen LogP contribution is 2.42. The lowest BCUT2D eigenvalue weighted by Gasteiger charge is -2.15. The van der Waals surface area contributed by atoms with E-state index in [1.807, 2.05) is 5.10 Å². The van der Waals surface area contributed by atoms with Crippen LogP contribution in [0.5, 0.6) is 0 Å². The summed E-state index contributed by atoms with van der Waals surface area (Å²) in [5.41, 5.74) is 6.14. The van der Waals surface area contributed by atoms with E-state index in [1.165, 1.54) is 24.3 Å².